The first-order valence-corrected chi connectivity index (χ1v) is 6.37. The van der Waals surface area contributed by atoms with E-state index in [4.69, 9.17) is 4.74 Å². The van der Waals surface area contributed by atoms with Gasteiger partial charge >= 0.3 is 11.9 Å². The Morgan fingerprint density at radius 2 is 1.83 bits per heavy atom. The normalized spacial score (nSPS) is 11.9. The highest BCUT2D eigenvalue weighted by atomic mass is 16.6. The van der Waals surface area contributed by atoms with Gasteiger partial charge in [-0.2, -0.15) is 0 Å². The van der Waals surface area contributed by atoms with Gasteiger partial charge in [0, 0.05) is 0 Å². The van der Waals surface area contributed by atoms with E-state index in [1.165, 1.54) is 0 Å². The molecule has 1 rings (SSSR count). The minimum Gasteiger partial charge on any atom is -0.389 e. The summed E-state index contributed by atoms with van der Waals surface area (Å²) in [6.07, 6.45) is 2.76. The van der Waals surface area contributed by atoms with Crippen LogP contribution in [0.15, 0.2) is 24.3 Å². The van der Waals surface area contributed by atoms with Crippen LogP contribution in [0.3, 0.4) is 0 Å². The molecule has 1 atom stereocenters. The average molecular weight is 248 g/mol. The Morgan fingerprint density at radius 3 is 2.39 bits per heavy atom. The van der Waals surface area contributed by atoms with Gasteiger partial charge in [0.25, 0.3) is 0 Å². The van der Waals surface area contributed by atoms with Crippen LogP contribution in [0, 0.1) is 12.8 Å². The second kappa shape index (κ2) is 6.94. The lowest BCUT2D eigenvalue weighted by Crippen LogP contribution is -2.19. The molecule has 0 fully saturated rings. The molecule has 0 amide bonds. The molecular formula is C15H20O3. The molecule has 0 heterocycles. The molecule has 18 heavy (non-hydrogen) atoms. The summed E-state index contributed by atoms with van der Waals surface area (Å²) in [4.78, 5) is 23.4. The summed E-state index contributed by atoms with van der Waals surface area (Å²) in [6, 6.07) is 6.98. The average Bonchev–Trinajstić information content (AvgIpc) is 2.36. The third-order valence-corrected chi connectivity index (χ3v) is 2.87. The fourth-order valence-corrected chi connectivity index (χ4v) is 1.57. The van der Waals surface area contributed by atoms with Gasteiger partial charge in [0.15, 0.2) is 0 Å². The number of hydrogen-bond donors (Lipinski definition) is 0. The van der Waals surface area contributed by atoms with E-state index in [-0.39, 0.29) is 5.92 Å². The zero-order valence-corrected chi connectivity index (χ0v) is 11.2. The van der Waals surface area contributed by atoms with E-state index in [1.54, 1.807) is 19.1 Å². The molecule has 0 saturated carbocycles. The molecule has 0 aliphatic heterocycles. The van der Waals surface area contributed by atoms with E-state index in [9.17, 15) is 9.59 Å². The van der Waals surface area contributed by atoms with Gasteiger partial charge in [-0.05, 0) is 25.5 Å². The number of rotatable bonds is 5. The van der Waals surface area contributed by atoms with E-state index < -0.39 is 11.9 Å². The van der Waals surface area contributed by atoms with Gasteiger partial charge in [-0.1, -0.05) is 44.4 Å². The van der Waals surface area contributed by atoms with Crippen LogP contribution in [0.4, 0.5) is 0 Å². The number of benzene rings is 1. The maximum Gasteiger partial charge on any atom is 0.345 e. The second-order valence-corrected chi connectivity index (χ2v) is 4.62. The minimum atomic E-state index is -0.566. The van der Waals surface area contributed by atoms with Crippen molar-refractivity contribution in [1.82, 2.24) is 0 Å². The van der Waals surface area contributed by atoms with Crippen LogP contribution in [-0.2, 0) is 9.53 Å². The Labute approximate surface area is 108 Å². The number of unbranched alkanes of at least 4 members (excludes halogenated alkanes) is 1. The minimum absolute atomic E-state index is 0.223. The summed E-state index contributed by atoms with van der Waals surface area (Å²) in [7, 11) is 0. The summed E-state index contributed by atoms with van der Waals surface area (Å²) in [5.74, 6) is -1.23. The summed E-state index contributed by atoms with van der Waals surface area (Å²) < 4.78 is 4.86. The molecule has 3 nitrogen and oxygen atoms in total. The predicted octanol–water partition coefficient (Wildman–Crippen LogP) is 3.50. The molecule has 0 aliphatic carbocycles. The number of carbonyl (C=O) groups excluding carboxylic acids is 2. The molecule has 1 aromatic carbocycles. The van der Waals surface area contributed by atoms with Crippen molar-refractivity contribution >= 4 is 11.9 Å². The van der Waals surface area contributed by atoms with Crippen LogP contribution in [-0.4, -0.2) is 11.9 Å². The predicted molar refractivity (Wildman–Crippen MR) is 70.3 cm³/mol. The van der Waals surface area contributed by atoms with E-state index in [2.05, 4.69) is 6.92 Å². The van der Waals surface area contributed by atoms with Gasteiger partial charge in [0.2, 0.25) is 0 Å². The quantitative estimate of drug-likeness (QED) is 0.591. The van der Waals surface area contributed by atoms with Crippen LogP contribution in [0.2, 0.25) is 0 Å². The van der Waals surface area contributed by atoms with Crippen molar-refractivity contribution < 1.29 is 14.3 Å². The Kier molecular flexibility index (Phi) is 5.56. The van der Waals surface area contributed by atoms with Crippen LogP contribution in [0.25, 0.3) is 0 Å². The van der Waals surface area contributed by atoms with E-state index in [0.29, 0.717) is 5.56 Å². The molecular weight excluding hydrogens is 228 g/mol. The van der Waals surface area contributed by atoms with Crippen LogP contribution < -0.4 is 0 Å². The Balaban J connectivity index is 2.54. The summed E-state index contributed by atoms with van der Waals surface area (Å²) in [5, 5.41) is 0. The third-order valence-electron chi connectivity index (χ3n) is 2.87. The summed E-state index contributed by atoms with van der Waals surface area (Å²) in [5.41, 5.74) is 1.48. The van der Waals surface area contributed by atoms with Crippen molar-refractivity contribution in [2.75, 3.05) is 0 Å². The zero-order chi connectivity index (χ0) is 13.5. The van der Waals surface area contributed by atoms with Crippen LogP contribution in [0.1, 0.15) is 49.0 Å². The second-order valence-electron chi connectivity index (χ2n) is 4.62. The molecule has 0 saturated heterocycles. The van der Waals surface area contributed by atoms with Crippen molar-refractivity contribution in [2.24, 2.45) is 5.92 Å². The lowest BCUT2D eigenvalue weighted by molar-refractivity contribution is -0.142. The van der Waals surface area contributed by atoms with Gasteiger partial charge in [0.1, 0.15) is 0 Å². The highest BCUT2D eigenvalue weighted by Crippen LogP contribution is 2.11. The molecule has 1 unspecified atom stereocenters. The van der Waals surface area contributed by atoms with E-state index >= 15 is 0 Å². The van der Waals surface area contributed by atoms with Gasteiger partial charge in [-0.25, -0.2) is 4.79 Å². The van der Waals surface area contributed by atoms with Crippen molar-refractivity contribution in [3.05, 3.63) is 35.4 Å². The van der Waals surface area contributed by atoms with Crippen molar-refractivity contribution in [3.63, 3.8) is 0 Å². The molecule has 0 aliphatic rings. The Morgan fingerprint density at radius 1 is 1.22 bits per heavy atom. The van der Waals surface area contributed by atoms with Gasteiger partial charge < -0.3 is 4.74 Å². The SMILES string of the molecule is CCCCC(C)C(=O)OC(=O)c1ccc(C)cc1. The third kappa shape index (κ3) is 4.32. The largest absolute Gasteiger partial charge is 0.389 e. The Hall–Kier alpha value is -1.64. The fraction of sp³-hybridized carbons (Fsp3) is 0.467. The van der Waals surface area contributed by atoms with Crippen molar-refractivity contribution in [3.8, 4) is 0 Å². The highest BCUT2D eigenvalue weighted by molar-refractivity contribution is 5.97. The first-order valence-electron chi connectivity index (χ1n) is 6.37. The van der Waals surface area contributed by atoms with Gasteiger partial charge in [0.05, 0.1) is 11.5 Å². The molecule has 3 heteroatoms. The maximum atomic E-state index is 11.7. The number of aryl methyl sites for hydroxylation is 1. The smallest absolute Gasteiger partial charge is 0.345 e. The van der Waals surface area contributed by atoms with E-state index in [0.717, 1.165) is 24.8 Å². The van der Waals surface area contributed by atoms with Crippen molar-refractivity contribution in [2.45, 2.75) is 40.0 Å². The number of hydrogen-bond acceptors (Lipinski definition) is 3. The molecule has 98 valence electrons. The molecule has 1 aromatic rings. The number of carbonyl (C=O) groups is 2. The van der Waals surface area contributed by atoms with Crippen LogP contribution >= 0.6 is 0 Å². The van der Waals surface area contributed by atoms with Crippen molar-refractivity contribution in [1.29, 1.82) is 0 Å². The maximum absolute atomic E-state index is 11.7. The molecule has 0 bridgehead atoms. The van der Waals surface area contributed by atoms with Crippen LogP contribution in [0.5, 0.6) is 0 Å². The van der Waals surface area contributed by atoms with Gasteiger partial charge in [-0.15, -0.1) is 0 Å². The summed E-state index contributed by atoms with van der Waals surface area (Å²) >= 11 is 0. The Bertz CT molecular complexity index is 406. The number of ether oxygens (including phenoxy) is 1. The first kappa shape index (κ1) is 14.4. The molecule has 0 N–H and O–H groups in total. The zero-order valence-electron chi connectivity index (χ0n) is 11.2. The highest BCUT2D eigenvalue weighted by Gasteiger charge is 2.18. The molecule has 0 radical (unpaired) electrons. The van der Waals surface area contributed by atoms with Gasteiger partial charge in [-0.3, -0.25) is 4.79 Å². The van der Waals surface area contributed by atoms with E-state index in [1.807, 2.05) is 19.1 Å². The topological polar surface area (TPSA) is 43.4 Å². The lowest BCUT2D eigenvalue weighted by atomic mass is 10.1. The molecule has 0 aromatic heterocycles. The fourth-order valence-electron chi connectivity index (χ4n) is 1.57. The lowest BCUT2D eigenvalue weighted by Gasteiger charge is -2.09. The monoisotopic (exact) mass is 248 g/mol. The standard InChI is InChI=1S/C15H20O3/c1-4-5-6-12(3)14(16)18-15(17)13-9-7-11(2)8-10-13/h7-10,12H,4-6H2,1-3H3. The molecule has 0 spiro atoms. The number of esters is 2. The first-order chi connectivity index (χ1) is 8.54. The summed E-state index contributed by atoms with van der Waals surface area (Å²) in [6.45, 7) is 5.79.